The molecule has 0 aliphatic carbocycles. The standard InChI is InChI=1S/C15H8N2O3S/c16-8-9-3-1-2-4-11(9)12-6-5-10(20-12)7-13-14(18)17-15(19)21-13/h1-7H,(H,17,18,19)/b13-7-. The predicted molar refractivity (Wildman–Crippen MR) is 78.0 cm³/mol. The molecule has 1 aliphatic rings. The van der Waals surface area contributed by atoms with Gasteiger partial charge in [-0.2, -0.15) is 5.26 Å². The van der Waals surface area contributed by atoms with E-state index in [1.807, 2.05) is 6.07 Å². The number of nitriles is 1. The first-order valence-electron chi connectivity index (χ1n) is 6.01. The Kier molecular flexibility index (Phi) is 3.34. The zero-order chi connectivity index (χ0) is 14.8. The first-order chi connectivity index (χ1) is 10.2. The van der Waals surface area contributed by atoms with Crippen LogP contribution in [0.1, 0.15) is 11.3 Å². The zero-order valence-corrected chi connectivity index (χ0v) is 11.4. The minimum atomic E-state index is -0.430. The Bertz CT molecular complexity index is 814. The van der Waals surface area contributed by atoms with Gasteiger partial charge in [-0.15, -0.1) is 0 Å². The van der Waals surface area contributed by atoms with Crippen LogP contribution in [-0.4, -0.2) is 11.1 Å². The number of thioether (sulfide) groups is 1. The highest BCUT2D eigenvalue weighted by atomic mass is 32.2. The predicted octanol–water partition coefficient (Wildman–Crippen LogP) is 3.14. The van der Waals surface area contributed by atoms with Gasteiger partial charge in [-0.25, -0.2) is 0 Å². The van der Waals surface area contributed by atoms with E-state index in [4.69, 9.17) is 9.68 Å². The lowest BCUT2D eigenvalue weighted by atomic mass is 10.1. The molecular weight excluding hydrogens is 288 g/mol. The molecular formula is C15H8N2O3S. The molecule has 0 spiro atoms. The minimum absolute atomic E-state index is 0.287. The Balaban J connectivity index is 1.94. The monoisotopic (exact) mass is 296 g/mol. The van der Waals surface area contributed by atoms with Crippen molar-refractivity contribution < 1.29 is 14.0 Å². The van der Waals surface area contributed by atoms with E-state index in [0.29, 0.717) is 22.6 Å². The largest absolute Gasteiger partial charge is 0.457 e. The molecule has 102 valence electrons. The van der Waals surface area contributed by atoms with E-state index in [0.717, 1.165) is 11.8 Å². The Labute approximate surface area is 124 Å². The average molecular weight is 296 g/mol. The number of hydrogen-bond acceptors (Lipinski definition) is 5. The van der Waals surface area contributed by atoms with Crippen LogP contribution in [0.5, 0.6) is 0 Å². The van der Waals surface area contributed by atoms with Gasteiger partial charge in [0.05, 0.1) is 16.5 Å². The Hall–Kier alpha value is -2.78. The third-order valence-corrected chi connectivity index (χ3v) is 3.67. The second-order valence-electron chi connectivity index (χ2n) is 4.21. The fourth-order valence-corrected chi connectivity index (χ4v) is 2.58. The SMILES string of the molecule is N#Cc1ccccc1-c1ccc(/C=C2\SC(=O)NC2=O)o1. The summed E-state index contributed by atoms with van der Waals surface area (Å²) < 4.78 is 5.63. The maximum atomic E-state index is 11.5. The van der Waals surface area contributed by atoms with Gasteiger partial charge >= 0.3 is 0 Å². The van der Waals surface area contributed by atoms with E-state index in [1.54, 1.807) is 30.3 Å². The second kappa shape index (κ2) is 5.31. The van der Waals surface area contributed by atoms with Crippen molar-refractivity contribution in [1.29, 1.82) is 5.26 Å². The van der Waals surface area contributed by atoms with Gasteiger partial charge in [0.15, 0.2) is 0 Å². The van der Waals surface area contributed by atoms with Gasteiger partial charge in [0.1, 0.15) is 11.5 Å². The maximum absolute atomic E-state index is 11.5. The highest BCUT2D eigenvalue weighted by Crippen LogP contribution is 2.29. The number of amides is 2. The van der Waals surface area contributed by atoms with E-state index in [2.05, 4.69) is 11.4 Å². The van der Waals surface area contributed by atoms with Gasteiger partial charge in [0.2, 0.25) is 0 Å². The second-order valence-corrected chi connectivity index (χ2v) is 5.23. The smallest absolute Gasteiger partial charge is 0.290 e. The van der Waals surface area contributed by atoms with Crippen molar-refractivity contribution in [2.24, 2.45) is 0 Å². The molecule has 1 fully saturated rings. The molecule has 5 nitrogen and oxygen atoms in total. The molecule has 1 aromatic heterocycles. The maximum Gasteiger partial charge on any atom is 0.290 e. The van der Waals surface area contributed by atoms with Crippen LogP contribution >= 0.6 is 11.8 Å². The minimum Gasteiger partial charge on any atom is -0.457 e. The summed E-state index contributed by atoms with van der Waals surface area (Å²) in [6.45, 7) is 0. The molecule has 0 unspecified atom stereocenters. The highest BCUT2D eigenvalue weighted by Gasteiger charge is 2.25. The van der Waals surface area contributed by atoms with Gasteiger partial charge in [-0.1, -0.05) is 12.1 Å². The van der Waals surface area contributed by atoms with Crippen LogP contribution in [0.3, 0.4) is 0 Å². The molecule has 6 heteroatoms. The van der Waals surface area contributed by atoms with Crippen molar-refractivity contribution in [2.45, 2.75) is 0 Å². The summed E-state index contributed by atoms with van der Waals surface area (Å²) in [7, 11) is 0. The first kappa shape index (κ1) is 13.2. The summed E-state index contributed by atoms with van der Waals surface area (Å²) in [5.74, 6) is 0.555. The van der Waals surface area contributed by atoms with Crippen LogP contribution in [0.25, 0.3) is 17.4 Å². The first-order valence-corrected chi connectivity index (χ1v) is 6.83. The van der Waals surface area contributed by atoms with Gasteiger partial charge in [0.25, 0.3) is 11.1 Å². The van der Waals surface area contributed by atoms with Gasteiger partial charge in [-0.3, -0.25) is 14.9 Å². The van der Waals surface area contributed by atoms with Crippen molar-refractivity contribution >= 4 is 29.0 Å². The molecule has 0 atom stereocenters. The number of rotatable bonds is 2. The van der Waals surface area contributed by atoms with Gasteiger partial charge < -0.3 is 4.42 Å². The Morgan fingerprint density at radius 3 is 2.71 bits per heavy atom. The van der Waals surface area contributed by atoms with E-state index in [-0.39, 0.29) is 4.91 Å². The molecule has 1 aliphatic heterocycles. The number of carbonyl (C=O) groups is 2. The van der Waals surface area contributed by atoms with E-state index < -0.39 is 11.1 Å². The zero-order valence-electron chi connectivity index (χ0n) is 10.6. The van der Waals surface area contributed by atoms with Crippen LogP contribution in [-0.2, 0) is 4.79 Å². The van der Waals surface area contributed by atoms with Crippen LogP contribution in [0.15, 0.2) is 45.7 Å². The van der Waals surface area contributed by atoms with Crippen LogP contribution in [0, 0.1) is 11.3 Å². The van der Waals surface area contributed by atoms with Gasteiger partial charge in [0, 0.05) is 11.6 Å². The molecule has 1 saturated heterocycles. The molecule has 3 rings (SSSR count). The van der Waals surface area contributed by atoms with Crippen molar-refractivity contribution in [2.75, 3.05) is 0 Å². The molecule has 21 heavy (non-hydrogen) atoms. The number of hydrogen-bond donors (Lipinski definition) is 1. The van der Waals surface area contributed by atoms with Gasteiger partial charge in [-0.05, 0) is 36.0 Å². The number of nitrogens with one attached hydrogen (secondary N) is 1. The normalized spacial score (nSPS) is 16.0. The lowest BCUT2D eigenvalue weighted by Gasteiger charge is -1.98. The lowest BCUT2D eigenvalue weighted by molar-refractivity contribution is -0.115. The number of furan rings is 1. The Morgan fingerprint density at radius 1 is 1.19 bits per heavy atom. The molecule has 1 N–H and O–H groups in total. The average Bonchev–Trinajstić information content (AvgIpc) is 3.06. The fourth-order valence-electron chi connectivity index (χ4n) is 1.92. The molecule has 1 aromatic carbocycles. The summed E-state index contributed by atoms with van der Waals surface area (Å²) in [6, 6.07) is 12.6. The molecule has 2 amide bonds. The lowest BCUT2D eigenvalue weighted by Crippen LogP contribution is -2.17. The molecule has 2 heterocycles. The quantitative estimate of drug-likeness (QED) is 0.861. The topological polar surface area (TPSA) is 83.1 Å². The summed E-state index contributed by atoms with van der Waals surface area (Å²) >= 11 is 0.830. The third kappa shape index (κ3) is 2.59. The number of imide groups is 1. The summed E-state index contributed by atoms with van der Waals surface area (Å²) in [4.78, 5) is 22.8. The van der Waals surface area contributed by atoms with Crippen molar-refractivity contribution in [3.8, 4) is 17.4 Å². The number of carbonyl (C=O) groups excluding carboxylic acids is 2. The van der Waals surface area contributed by atoms with Crippen LogP contribution in [0.4, 0.5) is 4.79 Å². The van der Waals surface area contributed by atoms with E-state index >= 15 is 0 Å². The van der Waals surface area contributed by atoms with Crippen LogP contribution in [0.2, 0.25) is 0 Å². The fraction of sp³-hybridized carbons (Fsp3) is 0. The van der Waals surface area contributed by atoms with Crippen molar-refractivity contribution in [1.82, 2.24) is 5.32 Å². The highest BCUT2D eigenvalue weighted by molar-refractivity contribution is 8.18. The van der Waals surface area contributed by atoms with E-state index in [1.165, 1.54) is 6.08 Å². The third-order valence-electron chi connectivity index (χ3n) is 2.86. The molecule has 2 aromatic rings. The summed E-state index contributed by atoms with van der Waals surface area (Å²) in [5.41, 5.74) is 1.19. The van der Waals surface area contributed by atoms with Crippen LogP contribution < -0.4 is 5.32 Å². The summed E-state index contributed by atoms with van der Waals surface area (Å²) in [5, 5.41) is 10.9. The molecule has 0 bridgehead atoms. The summed E-state index contributed by atoms with van der Waals surface area (Å²) in [6.07, 6.45) is 1.50. The van der Waals surface area contributed by atoms with Crippen molar-refractivity contribution in [3.05, 3.63) is 52.6 Å². The molecule has 0 radical (unpaired) electrons. The Morgan fingerprint density at radius 2 is 2.00 bits per heavy atom. The van der Waals surface area contributed by atoms with Crippen molar-refractivity contribution in [3.63, 3.8) is 0 Å². The van der Waals surface area contributed by atoms with E-state index in [9.17, 15) is 9.59 Å². The number of benzene rings is 1. The molecule has 0 saturated carbocycles. The number of nitrogens with zero attached hydrogens (tertiary/aromatic N) is 1.